The number of rotatable bonds is 5. The van der Waals surface area contributed by atoms with Crippen LogP contribution >= 0.6 is 0 Å². The number of benzene rings is 1. The van der Waals surface area contributed by atoms with Crippen LogP contribution in [0.4, 0.5) is 0 Å². The van der Waals surface area contributed by atoms with Crippen LogP contribution in [0.3, 0.4) is 0 Å². The quantitative estimate of drug-likeness (QED) is 0.829. The van der Waals surface area contributed by atoms with Crippen LogP contribution in [0, 0.1) is 13.8 Å². The highest BCUT2D eigenvalue weighted by Gasteiger charge is 2.09. The molecule has 0 spiro atoms. The average molecular weight is 221 g/mol. The molecule has 2 heteroatoms. The van der Waals surface area contributed by atoms with Crippen molar-refractivity contribution in [2.75, 3.05) is 6.61 Å². The highest BCUT2D eigenvalue weighted by atomic mass is 16.5. The zero-order valence-corrected chi connectivity index (χ0v) is 10.8. The third kappa shape index (κ3) is 3.95. The third-order valence-electron chi connectivity index (χ3n) is 2.75. The molecule has 1 atom stereocenters. The fourth-order valence-corrected chi connectivity index (χ4v) is 1.81. The Labute approximate surface area is 98.8 Å². The topological polar surface area (TPSA) is 35.2 Å². The smallest absolute Gasteiger partial charge is 0.0624 e. The normalized spacial score (nSPS) is 13.1. The summed E-state index contributed by atoms with van der Waals surface area (Å²) in [5, 5.41) is 0. The predicted molar refractivity (Wildman–Crippen MR) is 68.7 cm³/mol. The van der Waals surface area contributed by atoms with E-state index in [-0.39, 0.29) is 12.1 Å². The fourth-order valence-electron chi connectivity index (χ4n) is 1.81. The van der Waals surface area contributed by atoms with E-state index >= 15 is 0 Å². The minimum Gasteiger partial charge on any atom is -0.377 e. The van der Waals surface area contributed by atoms with Crippen molar-refractivity contribution in [1.82, 2.24) is 0 Å². The molecule has 0 aliphatic heterocycles. The highest BCUT2D eigenvalue weighted by Crippen LogP contribution is 2.15. The number of ether oxygens (including phenoxy) is 1. The molecule has 0 saturated heterocycles. The van der Waals surface area contributed by atoms with Crippen LogP contribution in [0.1, 0.15) is 30.5 Å². The molecule has 0 saturated carbocycles. The van der Waals surface area contributed by atoms with Crippen molar-refractivity contribution < 1.29 is 4.74 Å². The van der Waals surface area contributed by atoms with Gasteiger partial charge in [0.25, 0.3) is 0 Å². The summed E-state index contributed by atoms with van der Waals surface area (Å²) in [5.41, 5.74) is 10.1. The van der Waals surface area contributed by atoms with Crippen LogP contribution in [0.15, 0.2) is 18.2 Å². The predicted octanol–water partition coefficient (Wildman–Crippen LogP) is 2.60. The first-order valence-corrected chi connectivity index (χ1v) is 5.93. The van der Waals surface area contributed by atoms with E-state index in [2.05, 4.69) is 32.0 Å². The molecule has 16 heavy (non-hydrogen) atoms. The van der Waals surface area contributed by atoms with Crippen molar-refractivity contribution in [1.29, 1.82) is 0 Å². The van der Waals surface area contributed by atoms with E-state index in [1.54, 1.807) is 0 Å². The van der Waals surface area contributed by atoms with E-state index < -0.39 is 0 Å². The van der Waals surface area contributed by atoms with Gasteiger partial charge in [-0.3, -0.25) is 0 Å². The summed E-state index contributed by atoms with van der Waals surface area (Å²) in [6, 6.07) is 6.45. The summed E-state index contributed by atoms with van der Waals surface area (Å²) < 4.78 is 5.53. The van der Waals surface area contributed by atoms with Crippen LogP contribution in [-0.2, 0) is 11.2 Å². The van der Waals surface area contributed by atoms with Gasteiger partial charge in [0.2, 0.25) is 0 Å². The second-order valence-electron chi connectivity index (χ2n) is 4.72. The summed E-state index contributed by atoms with van der Waals surface area (Å²) in [5.74, 6) is 0. The van der Waals surface area contributed by atoms with Crippen molar-refractivity contribution >= 4 is 0 Å². The monoisotopic (exact) mass is 221 g/mol. The summed E-state index contributed by atoms with van der Waals surface area (Å²) >= 11 is 0. The Hall–Kier alpha value is -0.860. The molecule has 90 valence electrons. The van der Waals surface area contributed by atoms with Gasteiger partial charge in [-0.15, -0.1) is 0 Å². The number of hydrogen-bond donors (Lipinski definition) is 1. The first-order chi connectivity index (χ1) is 7.50. The van der Waals surface area contributed by atoms with E-state index in [4.69, 9.17) is 10.5 Å². The van der Waals surface area contributed by atoms with Crippen LogP contribution in [0.5, 0.6) is 0 Å². The Balaban J connectivity index is 2.59. The van der Waals surface area contributed by atoms with Gasteiger partial charge >= 0.3 is 0 Å². The Bertz CT molecular complexity index is 313. The maximum atomic E-state index is 6.07. The zero-order valence-electron chi connectivity index (χ0n) is 10.8. The molecule has 0 bridgehead atoms. The van der Waals surface area contributed by atoms with Crippen LogP contribution < -0.4 is 5.73 Å². The molecular weight excluding hydrogens is 198 g/mol. The molecule has 2 nitrogen and oxygen atoms in total. The molecular formula is C14H23NO. The van der Waals surface area contributed by atoms with Gasteiger partial charge in [-0.1, -0.05) is 18.2 Å². The molecule has 1 unspecified atom stereocenters. The summed E-state index contributed by atoms with van der Waals surface area (Å²) in [6.07, 6.45) is 1.15. The van der Waals surface area contributed by atoms with Gasteiger partial charge in [0, 0.05) is 6.04 Å². The highest BCUT2D eigenvalue weighted by molar-refractivity contribution is 5.34. The largest absolute Gasteiger partial charge is 0.377 e. The Morgan fingerprint density at radius 3 is 2.25 bits per heavy atom. The SMILES string of the molecule is Cc1cccc(C)c1CC(N)COC(C)C. The lowest BCUT2D eigenvalue weighted by molar-refractivity contribution is 0.0683. The summed E-state index contributed by atoms with van der Waals surface area (Å²) in [4.78, 5) is 0. The standard InChI is InChI=1S/C14H23NO/c1-10(2)16-9-13(15)8-14-11(3)6-5-7-12(14)4/h5-7,10,13H,8-9,15H2,1-4H3. The van der Waals surface area contributed by atoms with Crippen LogP contribution in [-0.4, -0.2) is 18.8 Å². The van der Waals surface area contributed by atoms with Gasteiger partial charge in [-0.25, -0.2) is 0 Å². The molecule has 0 aliphatic carbocycles. The van der Waals surface area contributed by atoms with Gasteiger partial charge < -0.3 is 10.5 Å². The van der Waals surface area contributed by atoms with E-state index in [0.29, 0.717) is 6.61 Å². The summed E-state index contributed by atoms with van der Waals surface area (Å²) in [6.45, 7) is 8.97. The van der Waals surface area contributed by atoms with Gasteiger partial charge in [-0.05, 0) is 50.8 Å². The molecule has 1 aromatic rings. The second kappa shape index (κ2) is 6.02. The number of hydrogen-bond acceptors (Lipinski definition) is 2. The third-order valence-corrected chi connectivity index (χ3v) is 2.75. The Morgan fingerprint density at radius 1 is 1.19 bits per heavy atom. The van der Waals surface area contributed by atoms with Crippen molar-refractivity contribution in [2.45, 2.75) is 46.3 Å². The summed E-state index contributed by atoms with van der Waals surface area (Å²) in [7, 11) is 0. The van der Waals surface area contributed by atoms with Gasteiger partial charge in [-0.2, -0.15) is 0 Å². The molecule has 0 radical (unpaired) electrons. The van der Waals surface area contributed by atoms with Gasteiger partial charge in [0.05, 0.1) is 12.7 Å². The van der Waals surface area contributed by atoms with Crippen molar-refractivity contribution in [2.24, 2.45) is 5.73 Å². The van der Waals surface area contributed by atoms with Crippen LogP contribution in [0.2, 0.25) is 0 Å². The zero-order chi connectivity index (χ0) is 12.1. The molecule has 0 amide bonds. The van der Waals surface area contributed by atoms with Gasteiger partial charge in [0.15, 0.2) is 0 Å². The Morgan fingerprint density at radius 2 is 1.75 bits per heavy atom. The molecule has 1 rings (SSSR count). The Kier molecular flexibility index (Phi) is 4.97. The molecule has 0 aliphatic rings. The second-order valence-corrected chi connectivity index (χ2v) is 4.72. The number of aryl methyl sites for hydroxylation is 2. The maximum absolute atomic E-state index is 6.07. The fraction of sp³-hybridized carbons (Fsp3) is 0.571. The molecule has 0 heterocycles. The molecule has 2 N–H and O–H groups in total. The van der Waals surface area contributed by atoms with Crippen molar-refractivity contribution in [3.8, 4) is 0 Å². The lowest BCUT2D eigenvalue weighted by Gasteiger charge is -2.17. The van der Waals surface area contributed by atoms with Crippen LogP contribution in [0.25, 0.3) is 0 Å². The van der Waals surface area contributed by atoms with E-state index in [1.165, 1.54) is 16.7 Å². The van der Waals surface area contributed by atoms with E-state index in [0.717, 1.165) is 6.42 Å². The van der Waals surface area contributed by atoms with E-state index in [9.17, 15) is 0 Å². The molecule has 1 aromatic carbocycles. The maximum Gasteiger partial charge on any atom is 0.0624 e. The lowest BCUT2D eigenvalue weighted by atomic mass is 9.97. The average Bonchev–Trinajstić information content (AvgIpc) is 2.21. The van der Waals surface area contributed by atoms with Gasteiger partial charge in [0.1, 0.15) is 0 Å². The van der Waals surface area contributed by atoms with E-state index in [1.807, 2.05) is 13.8 Å². The number of nitrogens with two attached hydrogens (primary N) is 1. The van der Waals surface area contributed by atoms with Crippen molar-refractivity contribution in [3.63, 3.8) is 0 Å². The minimum absolute atomic E-state index is 0.0854. The lowest BCUT2D eigenvalue weighted by Crippen LogP contribution is -2.30. The first kappa shape index (κ1) is 13.2. The minimum atomic E-state index is 0.0854. The van der Waals surface area contributed by atoms with Crippen molar-refractivity contribution in [3.05, 3.63) is 34.9 Å². The first-order valence-electron chi connectivity index (χ1n) is 5.93. The molecule has 0 aromatic heterocycles. The molecule has 0 fully saturated rings.